The lowest BCUT2D eigenvalue weighted by Crippen LogP contribution is -2.60. The van der Waals surface area contributed by atoms with Gasteiger partial charge in [0.1, 0.15) is 0 Å². The van der Waals surface area contributed by atoms with Gasteiger partial charge in [0.05, 0.1) is 18.8 Å². The molecule has 1 heterocycles. The highest BCUT2D eigenvalue weighted by Crippen LogP contribution is 2.35. The molecule has 28 heavy (non-hydrogen) atoms. The largest absolute Gasteiger partial charge is 0.465 e. The monoisotopic (exact) mass is 380 g/mol. The van der Waals surface area contributed by atoms with Crippen molar-refractivity contribution in [1.29, 1.82) is 0 Å². The molecule has 0 atom stereocenters. The summed E-state index contributed by atoms with van der Waals surface area (Å²) in [5.74, 6) is 0. The van der Waals surface area contributed by atoms with Crippen LogP contribution in [0.25, 0.3) is 0 Å². The van der Waals surface area contributed by atoms with Crippen molar-refractivity contribution in [3.63, 3.8) is 0 Å². The van der Waals surface area contributed by atoms with Gasteiger partial charge in [0.15, 0.2) is 0 Å². The smallest absolute Gasteiger partial charge is 0.407 e. The van der Waals surface area contributed by atoms with E-state index >= 15 is 0 Å². The Bertz CT molecular complexity index is 776. The van der Waals surface area contributed by atoms with E-state index in [4.69, 9.17) is 4.74 Å². The van der Waals surface area contributed by atoms with Crippen LogP contribution in [0, 0.1) is 0 Å². The zero-order chi connectivity index (χ0) is 19.4. The number of carbonyl (C=O) groups is 1. The molecule has 1 aliphatic carbocycles. The average Bonchev–Trinajstić information content (AvgIpc) is 3.12. The van der Waals surface area contributed by atoms with Gasteiger partial charge >= 0.3 is 6.09 Å². The second kappa shape index (κ2) is 8.33. The fraction of sp³-hybridized carbons (Fsp3) is 0.435. The van der Waals surface area contributed by atoms with Crippen LogP contribution in [-0.2, 0) is 24.0 Å². The number of hydrogen-bond acceptors (Lipinski definition) is 3. The van der Waals surface area contributed by atoms with Crippen LogP contribution in [0.4, 0.5) is 4.79 Å². The molecule has 2 aromatic carbocycles. The number of amides is 1. The highest BCUT2D eigenvalue weighted by atomic mass is 16.5. The first-order chi connectivity index (χ1) is 13.7. The van der Waals surface area contributed by atoms with Gasteiger partial charge in [-0.15, -0.1) is 0 Å². The van der Waals surface area contributed by atoms with Crippen LogP contribution in [0.15, 0.2) is 54.6 Å². The Kier molecular flexibility index (Phi) is 5.64. The van der Waals surface area contributed by atoms with Crippen LogP contribution in [0.1, 0.15) is 16.7 Å². The van der Waals surface area contributed by atoms with Gasteiger partial charge < -0.3 is 14.7 Å². The fourth-order valence-electron chi connectivity index (χ4n) is 4.56. The Morgan fingerprint density at radius 2 is 1.54 bits per heavy atom. The predicted molar refractivity (Wildman–Crippen MR) is 109 cm³/mol. The van der Waals surface area contributed by atoms with E-state index in [1.807, 2.05) is 6.07 Å². The third-order valence-corrected chi connectivity index (χ3v) is 6.13. The van der Waals surface area contributed by atoms with Crippen molar-refractivity contribution in [3.05, 3.63) is 71.3 Å². The summed E-state index contributed by atoms with van der Waals surface area (Å²) in [6, 6.07) is 19.1. The number of ether oxygens (including phenoxy) is 1. The maximum atomic E-state index is 11.3. The molecule has 0 radical (unpaired) electrons. The lowest BCUT2D eigenvalue weighted by molar-refractivity contribution is -0.0236. The van der Waals surface area contributed by atoms with Crippen molar-refractivity contribution >= 4 is 6.09 Å². The van der Waals surface area contributed by atoms with Gasteiger partial charge in [-0.05, 0) is 36.0 Å². The molecule has 0 bridgehead atoms. The lowest BCUT2D eigenvalue weighted by atomic mass is 9.93. The lowest BCUT2D eigenvalue weighted by Gasteiger charge is -2.45. The average molecular weight is 380 g/mol. The highest BCUT2D eigenvalue weighted by molar-refractivity contribution is 5.65. The molecule has 0 unspecified atom stereocenters. The van der Waals surface area contributed by atoms with Gasteiger partial charge in [-0.25, -0.2) is 4.79 Å². The summed E-state index contributed by atoms with van der Waals surface area (Å²) in [5, 5.41) is 9.26. The van der Waals surface area contributed by atoms with Gasteiger partial charge in [-0.1, -0.05) is 54.6 Å². The molecule has 148 valence electrons. The Balaban J connectivity index is 1.42. The molecule has 1 saturated heterocycles. The minimum Gasteiger partial charge on any atom is -0.465 e. The van der Waals surface area contributed by atoms with Gasteiger partial charge in [0.25, 0.3) is 0 Å². The normalized spacial score (nSPS) is 18.8. The van der Waals surface area contributed by atoms with Crippen molar-refractivity contribution < 1.29 is 14.6 Å². The van der Waals surface area contributed by atoms with Gasteiger partial charge in [0, 0.05) is 26.2 Å². The Labute approximate surface area is 166 Å². The van der Waals surface area contributed by atoms with Crippen LogP contribution in [0.2, 0.25) is 0 Å². The molecule has 1 amide bonds. The molecule has 5 heteroatoms. The van der Waals surface area contributed by atoms with Crippen molar-refractivity contribution in [1.82, 2.24) is 9.80 Å². The molecule has 0 saturated carbocycles. The van der Waals surface area contributed by atoms with Gasteiger partial charge in [-0.3, -0.25) is 4.90 Å². The van der Waals surface area contributed by atoms with E-state index in [2.05, 4.69) is 53.4 Å². The molecule has 0 spiro atoms. The maximum Gasteiger partial charge on any atom is 0.407 e. The minimum absolute atomic E-state index is 0.0645. The second-order valence-corrected chi connectivity index (χ2v) is 7.89. The summed E-state index contributed by atoms with van der Waals surface area (Å²) >= 11 is 0. The molecule has 0 aromatic heterocycles. The van der Waals surface area contributed by atoms with E-state index < -0.39 is 6.09 Å². The van der Waals surface area contributed by atoms with E-state index in [0.29, 0.717) is 26.3 Å². The highest BCUT2D eigenvalue weighted by Gasteiger charge is 2.43. The zero-order valence-corrected chi connectivity index (χ0v) is 16.2. The Morgan fingerprint density at radius 3 is 2.14 bits per heavy atom. The van der Waals surface area contributed by atoms with E-state index in [-0.39, 0.29) is 5.54 Å². The third kappa shape index (κ3) is 4.05. The molecule has 2 aromatic rings. The summed E-state index contributed by atoms with van der Waals surface area (Å²) in [7, 11) is 0. The SMILES string of the molecule is O=C(O)N1CCN(C2(COCCc3ccccc3)Cc3ccccc3C2)CC1. The van der Waals surface area contributed by atoms with Gasteiger partial charge in [0.2, 0.25) is 0 Å². The summed E-state index contributed by atoms with van der Waals surface area (Å²) < 4.78 is 6.21. The first kappa shape index (κ1) is 19.0. The Hall–Kier alpha value is -2.37. The summed E-state index contributed by atoms with van der Waals surface area (Å²) in [4.78, 5) is 15.3. The standard InChI is InChI=1S/C23H28N2O3/c26-22(27)24-11-13-25(14-12-24)23(16-20-8-4-5-9-21(20)17-23)18-28-15-10-19-6-2-1-3-7-19/h1-9H,10-18H2,(H,26,27). The van der Waals surface area contributed by atoms with Gasteiger partial charge in [-0.2, -0.15) is 0 Å². The van der Waals surface area contributed by atoms with Crippen molar-refractivity contribution in [3.8, 4) is 0 Å². The van der Waals surface area contributed by atoms with Crippen LogP contribution in [-0.4, -0.2) is 65.9 Å². The van der Waals surface area contributed by atoms with Crippen LogP contribution < -0.4 is 0 Å². The molecule has 1 aliphatic heterocycles. The molecule has 4 rings (SSSR count). The van der Waals surface area contributed by atoms with Crippen molar-refractivity contribution in [2.75, 3.05) is 39.4 Å². The maximum absolute atomic E-state index is 11.3. The number of fused-ring (bicyclic) bond motifs is 1. The minimum atomic E-state index is -0.817. The fourth-order valence-corrected chi connectivity index (χ4v) is 4.56. The molecule has 5 nitrogen and oxygen atoms in total. The summed E-state index contributed by atoms with van der Waals surface area (Å²) in [6.07, 6.45) is 2.04. The number of benzene rings is 2. The number of hydrogen-bond donors (Lipinski definition) is 1. The number of piperazine rings is 1. The topological polar surface area (TPSA) is 53.0 Å². The number of nitrogens with zero attached hydrogens (tertiary/aromatic N) is 2. The third-order valence-electron chi connectivity index (χ3n) is 6.13. The Morgan fingerprint density at radius 1 is 0.929 bits per heavy atom. The van der Waals surface area contributed by atoms with E-state index in [1.54, 1.807) is 0 Å². The van der Waals surface area contributed by atoms with Crippen LogP contribution in [0.5, 0.6) is 0 Å². The van der Waals surface area contributed by atoms with E-state index in [0.717, 1.165) is 32.4 Å². The van der Waals surface area contributed by atoms with Crippen molar-refractivity contribution in [2.24, 2.45) is 0 Å². The summed E-state index contributed by atoms with van der Waals surface area (Å²) in [6.45, 7) is 4.05. The van der Waals surface area contributed by atoms with Crippen LogP contribution in [0.3, 0.4) is 0 Å². The quantitative estimate of drug-likeness (QED) is 0.783. The first-order valence-electron chi connectivity index (χ1n) is 10.1. The summed E-state index contributed by atoms with van der Waals surface area (Å²) in [5.41, 5.74) is 4.02. The number of carboxylic acid groups (broad SMARTS) is 1. The molecule has 1 N–H and O–H groups in total. The van der Waals surface area contributed by atoms with E-state index in [9.17, 15) is 9.90 Å². The number of rotatable bonds is 6. The molecule has 2 aliphatic rings. The molecular weight excluding hydrogens is 352 g/mol. The second-order valence-electron chi connectivity index (χ2n) is 7.89. The predicted octanol–water partition coefficient (Wildman–Crippen LogP) is 3.08. The van der Waals surface area contributed by atoms with Crippen LogP contribution >= 0.6 is 0 Å². The van der Waals surface area contributed by atoms with E-state index in [1.165, 1.54) is 21.6 Å². The molecule has 1 fully saturated rings. The first-order valence-corrected chi connectivity index (χ1v) is 10.1. The molecular formula is C23H28N2O3. The zero-order valence-electron chi connectivity index (χ0n) is 16.2. The van der Waals surface area contributed by atoms with Crippen molar-refractivity contribution in [2.45, 2.75) is 24.8 Å².